The molecule has 2 aromatic rings. The van der Waals surface area contributed by atoms with Crippen molar-refractivity contribution in [2.75, 3.05) is 24.6 Å². The average Bonchev–Trinajstić information content (AvgIpc) is 2.68. The van der Waals surface area contributed by atoms with E-state index < -0.39 is 11.7 Å². The first-order valence-electron chi connectivity index (χ1n) is 8.91. The van der Waals surface area contributed by atoms with Crippen LogP contribution in [0.15, 0.2) is 30.3 Å². The highest BCUT2D eigenvalue weighted by Gasteiger charge is 2.30. The normalized spacial score (nSPS) is 15.4. The zero-order valence-electron chi connectivity index (χ0n) is 15.0. The van der Waals surface area contributed by atoms with Gasteiger partial charge in [-0.3, -0.25) is 5.01 Å². The highest BCUT2D eigenvalue weighted by atomic mass is 19.4. The molecule has 0 amide bonds. The van der Waals surface area contributed by atoms with E-state index in [1.807, 2.05) is 18.0 Å². The molecular formula is C19H20F3N5. The van der Waals surface area contributed by atoms with E-state index in [2.05, 4.69) is 15.0 Å². The van der Waals surface area contributed by atoms with E-state index in [0.29, 0.717) is 23.6 Å². The number of hydrogen-bond acceptors (Lipinski definition) is 5. The molecule has 1 aliphatic heterocycles. The van der Waals surface area contributed by atoms with Crippen molar-refractivity contribution in [3.05, 3.63) is 41.7 Å². The van der Waals surface area contributed by atoms with Crippen molar-refractivity contribution in [1.29, 1.82) is 5.26 Å². The molecule has 0 unspecified atom stereocenters. The predicted molar refractivity (Wildman–Crippen MR) is 95.6 cm³/mol. The van der Waals surface area contributed by atoms with Gasteiger partial charge < -0.3 is 0 Å². The number of benzene rings is 1. The smallest absolute Gasteiger partial charge is 0.290 e. The zero-order chi connectivity index (χ0) is 19.4. The van der Waals surface area contributed by atoms with Gasteiger partial charge in [0.2, 0.25) is 5.82 Å². The summed E-state index contributed by atoms with van der Waals surface area (Å²) in [4.78, 5) is 8.41. The monoisotopic (exact) mass is 375 g/mol. The minimum atomic E-state index is -4.44. The summed E-state index contributed by atoms with van der Waals surface area (Å²) < 4.78 is 39.1. The summed E-state index contributed by atoms with van der Waals surface area (Å²) in [6.07, 6.45) is -1.11. The molecule has 0 saturated carbocycles. The lowest BCUT2D eigenvalue weighted by atomic mass is 10.1. The first-order valence-corrected chi connectivity index (χ1v) is 8.91. The van der Waals surface area contributed by atoms with Crippen molar-refractivity contribution in [2.24, 2.45) is 0 Å². The molecule has 1 aromatic carbocycles. The lowest BCUT2D eigenvalue weighted by Crippen LogP contribution is -2.46. The quantitative estimate of drug-likeness (QED) is 0.799. The van der Waals surface area contributed by atoms with Crippen LogP contribution in [0.25, 0.3) is 11.3 Å². The van der Waals surface area contributed by atoms with Gasteiger partial charge in [-0.05, 0) is 31.9 Å². The fraction of sp³-hybridized carbons (Fsp3) is 0.421. The first-order chi connectivity index (χ1) is 12.9. The third-order valence-electron chi connectivity index (χ3n) is 4.54. The Morgan fingerprint density at radius 1 is 1.15 bits per heavy atom. The molecule has 27 heavy (non-hydrogen) atoms. The van der Waals surface area contributed by atoms with Crippen LogP contribution >= 0.6 is 0 Å². The molecule has 0 radical (unpaired) electrons. The maximum atomic E-state index is 13.0. The zero-order valence-corrected chi connectivity index (χ0v) is 15.0. The van der Waals surface area contributed by atoms with Crippen LogP contribution in [-0.2, 0) is 6.18 Å². The van der Waals surface area contributed by atoms with Crippen molar-refractivity contribution in [2.45, 2.75) is 32.4 Å². The summed E-state index contributed by atoms with van der Waals surface area (Å²) in [5.74, 6) is 0.466. The average molecular weight is 375 g/mol. The van der Waals surface area contributed by atoms with Gasteiger partial charge in [0.25, 0.3) is 0 Å². The Bertz CT molecular complexity index is 838. The van der Waals surface area contributed by atoms with E-state index in [1.165, 1.54) is 12.5 Å². The number of anilines is 1. The Hall–Kier alpha value is -2.66. The molecule has 142 valence electrons. The standard InChI is InChI=1S/C19H20F3N5/c1-2-27(26-9-4-3-5-10-26)18-12-16(24-17(13-23)25-18)14-7-6-8-15(11-14)19(20,21)22/h6-8,11-12H,2-5,9-10H2,1H3. The SMILES string of the molecule is CCN(c1cc(-c2cccc(C(F)(F)F)c2)nc(C#N)n1)N1CCCCC1. The van der Waals surface area contributed by atoms with Gasteiger partial charge in [0.15, 0.2) is 0 Å². The Morgan fingerprint density at radius 2 is 1.89 bits per heavy atom. The number of hydrazine groups is 1. The van der Waals surface area contributed by atoms with Gasteiger partial charge in [0.05, 0.1) is 11.3 Å². The maximum Gasteiger partial charge on any atom is 0.416 e. The predicted octanol–water partition coefficient (Wildman–Crippen LogP) is 4.26. The van der Waals surface area contributed by atoms with Crippen molar-refractivity contribution < 1.29 is 13.2 Å². The number of alkyl halides is 3. The van der Waals surface area contributed by atoms with Crippen molar-refractivity contribution >= 4 is 5.82 Å². The number of aromatic nitrogens is 2. The van der Waals surface area contributed by atoms with Gasteiger partial charge in [-0.1, -0.05) is 18.6 Å². The van der Waals surface area contributed by atoms with E-state index in [-0.39, 0.29) is 5.82 Å². The lowest BCUT2D eigenvalue weighted by molar-refractivity contribution is -0.137. The highest BCUT2D eigenvalue weighted by molar-refractivity contribution is 5.64. The number of nitriles is 1. The van der Waals surface area contributed by atoms with Crippen LogP contribution in [0.2, 0.25) is 0 Å². The molecule has 2 heterocycles. The minimum absolute atomic E-state index is 0.0598. The minimum Gasteiger partial charge on any atom is -0.290 e. The third-order valence-corrected chi connectivity index (χ3v) is 4.54. The summed E-state index contributed by atoms with van der Waals surface area (Å²) in [7, 11) is 0. The van der Waals surface area contributed by atoms with Gasteiger partial charge in [-0.15, -0.1) is 0 Å². The molecular weight excluding hydrogens is 355 g/mol. The summed E-state index contributed by atoms with van der Waals surface area (Å²) in [5, 5.41) is 13.4. The largest absolute Gasteiger partial charge is 0.416 e. The lowest BCUT2D eigenvalue weighted by Gasteiger charge is -2.37. The summed E-state index contributed by atoms with van der Waals surface area (Å²) >= 11 is 0. The molecule has 1 aliphatic rings. The summed E-state index contributed by atoms with van der Waals surface area (Å²) in [5.41, 5.74) is -0.139. The molecule has 8 heteroatoms. The Morgan fingerprint density at radius 3 is 2.52 bits per heavy atom. The van der Waals surface area contributed by atoms with Crippen molar-refractivity contribution in [3.8, 4) is 17.3 Å². The molecule has 0 N–H and O–H groups in total. The van der Waals surface area contributed by atoms with Crippen LogP contribution in [0.3, 0.4) is 0 Å². The van der Waals surface area contributed by atoms with Crippen LogP contribution < -0.4 is 5.01 Å². The van der Waals surface area contributed by atoms with Crippen molar-refractivity contribution in [1.82, 2.24) is 15.0 Å². The first kappa shape index (κ1) is 19.1. The van der Waals surface area contributed by atoms with E-state index in [0.717, 1.165) is 38.1 Å². The van der Waals surface area contributed by atoms with Gasteiger partial charge in [0, 0.05) is 31.3 Å². The van der Waals surface area contributed by atoms with E-state index in [9.17, 15) is 18.4 Å². The molecule has 1 aromatic heterocycles. The number of hydrogen-bond donors (Lipinski definition) is 0. The molecule has 0 spiro atoms. The van der Waals surface area contributed by atoms with Gasteiger partial charge in [-0.2, -0.15) is 18.4 Å². The second-order valence-electron chi connectivity index (χ2n) is 6.36. The van der Waals surface area contributed by atoms with E-state index in [1.54, 1.807) is 12.1 Å². The molecule has 1 fully saturated rings. The maximum absolute atomic E-state index is 13.0. The fourth-order valence-electron chi connectivity index (χ4n) is 3.24. The van der Waals surface area contributed by atoms with E-state index in [4.69, 9.17) is 0 Å². The number of halogens is 3. The Labute approximate surface area is 156 Å². The summed E-state index contributed by atoms with van der Waals surface area (Å²) in [6.45, 7) is 4.40. The second kappa shape index (κ2) is 7.92. The fourth-order valence-corrected chi connectivity index (χ4v) is 3.24. The van der Waals surface area contributed by atoms with Crippen molar-refractivity contribution in [3.63, 3.8) is 0 Å². The molecule has 1 saturated heterocycles. The highest BCUT2D eigenvalue weighted by Crippen LogP contribution is 2.32. The van der Waals surface area contributed by atoms with E-state index >= 15 is 0 Å². The molecule has 0 aliphatic carbocycles. The number of rotatable bonds is 4. The third kappa shape index (κ3) is 4.37. The van der Waals surface area contributed by atoms with Gasteiger partial charge in [-0.25, -0.2) is 15.0 Å². The van der Waals surface area contributed by atoms with Crippen LogP contribution in [0.4, 0.5) is 19.0 Å². The Kier molecular flexibility index (Phi) is 5.61. The Balaban J connectivity index is 2.02. The topological polar surface area (TPSA) is 56.1 Å². The van der Waals surface area contributed by atoms with Gasteiger partial charge >= 0.3 is 6.18 Å². The summed E-state index contributed by atoms with van der Waals surface area (Å²) in [6, 6.07) is 8.52. The second-order valence-corrected chi connectivity index (χ2v) is 6.36. The molecule has 0 atom stereocenters. The number of piperidine rings is 1. The van der Waals surface area contributed by atoms with Gasteiger partial charge in [0.1, 0.15) is 11.9 Å². The number of nitrogens with zero attached hydrogens (tertiary/aromatic N) is 5. The van der Waals surface area contributed by atoms with Crippen LogP contribution in [0.5, 0.6) is 0 Å². The molecule has 0 bridgehead atoms. The molecule has 3 rings (SSSR count). The van der Waals surface area contributed by atoms with Crippen LogP contribution in [-0.4, -0.2) is 34.6 Å². The van der Waals surface area contributed by atoms with Crippen LogP contribution in [0.1, 0.15) is 37.6 Å². The van der Waals surface area contributed by atoms with Crippen LogP contribution in [0, 0.1) is 11.3 Å². The molecule has 5 nitrogen and oxygen atoms in total.